The lowest BCUT2D eigenvalue weighted by atomic mass is 10.0. The fraction of sp³-hybridized carbons (Fsp3) is 0.316. The minimum Gasteiger partial charge on any atom is -0.479 e. The van der Waals surface area contributed by atoms with Gasteiger partial charge < -0.3 is 20.0 Å². The molecule has 0 fully saturated rings. The number of benzene rings is 1. The number of carbonyl (C=O) groups is 2. The first kappa shape index (κ1) is 16.4. The largest absolute Gasteiger partial charge is 0.479 e. The Labute approximate surface area is 150 Å². The van der Waals surface area contributed by atoms with E-state index in [1.165, 1.54) is 22.2 Å². The Balaban J connectivity index is 1.42. The van der Waals surface area contributed by atoms with E-state index in [2.05, 4.69) is 21.0 Å². The fourth-order valence-electron chi connectivity index (χ4n) is 3.71. The maximum atomic E-state index is 12.7. The lowest BCUT2D eigenvalue weighted by Crippen LogP contribution is -2.43. The number of aryl methyl sites for hydroxylation is 1. The number of carboxylic acid groups (broad SMARTS) is 1. The van der Waals surface area contributed by atoms with Crippen LogP contribution in [0.1, 0.15) is 35.8 Å². The maximum absolute atomic E-state index is 12.7. The molecule has 26 heavy (non-hydrogen) atoms. The summed E-state index contributed by atoms with van der Waals surface area (Å²) < 4.78 is 0. The number of aromatic nitrogens is 3. The van der Waals surface area contributed by atoms with Crippen molar-refractivity contribution >= 4 is 22.8 Å². The number of H-pyrrole nitrogens is 2. The number of imidazole rings is 1. The Morgan fingerprint density at radius 2 is 2.12 bits per heavy atom. The predicted octanol–water partition coefficient (Wildman–Crippen LogP) is 2.42. The van der Waals surface area contributed by atoms with Crippen LogP contribution >= 0.6 is 0 Å². The molecule has 0 saturated heterocycles. The number of hydrogen-bond acceptors (Lipinski definition) is 3. The number of nitrogens with zero attached hydrogens (tertiary/aromatic N) is 2. The van der Waals surface area contributed by atoms with Crippen molar-refractivity contribution in [2.45, 2.75) is 31.7 Å². The van der Waals surface area contributed by atoms with E-state index >= 15 is 0 Å². The number of aliphatic carboxylic acids is 1. The number of nitrogens with one attached hydrogen (secondary N) is 2. The molecule has 3 N–H and O–H groups in total. The van der Waals surface area contributed by atoms with E-state index in [1.807, 2.05) is 24.4 Å². The molecule has 1 aliphatic heterocycles. The molecule has 0 saturated carbocycles. The van der Waals surface area contributed by atoms with Gasteiger partial charge in [0.1, 0.15) is 0 Å². The van der Waals surface area contributed by atoms with Crippen LogP contribution in [0.25, 0.3) is 10.9 Å². The molecule has 0 radical (unpaired) electrons. The zero-order valence-electron chi connectivity index (χ0n) is 14.2. The molecular weight excluding hydrogens is 332 g/mol. The molecule has 7 nitrogen and oxygen atoms in total. The van der Waals surface area contributed by atoms with Crippen molar-refractivity contribution in [1.29, 1.82) is 0 Å². The summed E-state index contributed by atoms with van der Waals surface area (Å²) in [5, 5.41) is 10.7. The summed E-state index contributed by atoms with van der Waals surface area (Å²) >= 11 is 0. The molecule has 0 aliphatic carbocycles. The molecule has 3 aromatic rings. The summed E-state index contributed by atoms with van der Waals surface area (Å²) in [4.78, 5) is 36.1. The van der Waals surface area contributed by atoms with Crippen LogP contribution in [0.2, 0.25) is 0 Å². The van der Waals surface area contributed by atoms with Gasteiger partial charge in [-0.05, 0) is 24.5 Å². The second kappa shape index (κ2) is 6.67. The third kappa shape index (κ3) is 2.85. The molecule has 134 valence electrons. The number of fused-ring (bicyclic) bond motifs is 2. The molecule has 1 amide bonds. The van der Waals surface area contributed by atoms with Crippen LogP contribution in [-0.2, 0) is 22.4 Å². The third-order valence-electron chi connectivity index (χ3n) is 4.99. The van der Waals surface area contributed by atoms with Gasteiger partial charge in [-0.25, -0.2) is 9.78 Å². The molecule has 1 aromatic carbocycles. The van der Waals surface area contributed by atoms with Crippen molar-refractivity contribution in [3.05, 3.63) is 53.7 Å². The number of carboxylic acids is 1. The molecule has 7 heteroatoms. The average Bonchev–Trinajstić information content (AvgIpc) is 3.27. The number of aromatic amines is 2. The number of rotatable bonds is 5. The molecule has 3 heterocycles. The maximum Gasteiger partial charge on any atom is 0.332 e. The van der Waals surface area contributed by atoms with Crippen LogP contribution < -0.4 is 0 Å². The number of amides is 1. The van der Waals surface area contributed by atoms with E-state index in [1.54, 1.807) is 0 Å². The Morgan fingerprint density at radius 3 is 2.96 bits per heavy atom. The van der Waals surface area contributed by atoms with Crippen molar-refractivity contribution in [2.24, 2.45) is 0 Å². The lowest BCUT2D eigenvalue weighted by Gasteiger charge is -2.32. The SMILES string of the molecule is O=C(O)C1c2nc[nH]c2CCN1C(=O)CCCc1c[nH]c2ccccc12. The number of hydrogen-bond donors (Lipinski definition) is 3. The Morgan fingerprint density at radius 1 is 1.27 bits per heavy atom. The van der Waals surface area contributed by atoms with E-state index in [0.29, 0.717) is 31.5 Å². The average molecular weight is 352 g/mol. The van der Waals surface area contributed by atoms with Crippen LogP contribution in [-0.4, -0.2) is 43.4 Å². The van der Waals surface area contributed by atoms with Crippen molar-refractivity contribution in [3.8, 4) is 0 Å². The van der Waals surface area contributed by atoms with Crippen molar-refractivity contribution < 1.29 is 14.7 Å². The molecule has 1 unspecified atom stereocenters. The Bertz CT molecular complexity index is 959. The zero-order valence-corrected chi connectivity index (χ0v) is 14.2. The quantitative estimate of drug-likeness (QED) is 0.656. The standard InChI is InChI=1S/C19H20N4O3/c24-16(7-3-4-12-10-20-14-6-2-1-5-13(12)14)23-9-8-15-17(22-11-21-15)18(23)19(25)26/h1-2,5-6,10-11,18,20H,3-4,7-9H2,(H,21,22)(H,25,26). The summed E-state index contributed by atoms with van der Waals surface area (Å²) in [7, 11) is 0. The van der Waals surface area contributed by atoms with E-state index in [0.717, 1.165) is 17.6 Å². The fourth-order valence-corrected chi connectivity index (χ4v) is 3.71. The normalized spacial score (nSPS) is 16.6. The van der Waals surface area contributed by atoms with E-state index in [4.69, 9.17) is 0 Å². The van der Waals surface area contributed by atoms with Gasteiger partial charge in [0.25, 0.3) is 0 Å². The molecule has 2 aromatic heterocycles. The minimum absolute atomic E-state index is 0.133. The second-order valence-electron chi connectivity index (χ2n) is 6.56. The highest BCUT2D eigenvalue weighted by Gasteiger charge is 2.37. The van der Waals surface area contributed by atoms with E-state index in [9.17, 15) is 14.7 Å². The first-order valence-corrected chi connectivity index (χ1v) is 8.74. The second-order valence-corrected chi connectivity index (χ2v) is 6.56. The molecular formula is C19H20N4O3. The molecule has 0 spiro atoms. The van der Waals surface area contributed by atoms with Gasteiger partial charge in [0.2, 0.25) is 5.91 Å². The Hall–Kier alpha value is -3.09. The van der Waals surface area contributed by atoms with Crippen LogP contribution in [0.3, 0.4) is 0 Å². The lowest BCUT2D eigenvalue weighted by molar-refractivity contribution is -0.151. The number of para-hydroxylation sites is 1. The van der Waals surface area contributed by atoms with Gasteiger partial charge in [0.15, 0.2) is 6.04 Å². The van der Waals surface area contributed by atoms with E-state index < -0.39 is 12.0 Å². The van der Waals surface area contributed by atoms with Gasteiger partial charge in [0, 0.05) is 42.2 Å². The summed E-state index contributed by atoms with van der Waals surface area (Å²) in [5.74, 6) is -1.17. The molecule has 1 aliphatic rings. The summed E-state index contributed by atoms with van der Waals surface area (Å²) in [6, 6.07) is 7.07. The highest BCUT2D eigenvalue weighted by Crippen LogP contribution is 2.28. The van der Waals surface area contributed by atoms with Crippen molar-refractivity contribution in [3.63, 3.8) is 0 Å². The van der Waals surface area contributed by atoms with Crippen LogP contribution in [0.15, 0.2) is 36.8 Å². The van der Waals surface area contributed by atoms with Crippen molar-refractivity contribution in [1.82, 2.24) is 19.9 Å². The van der Waals surface area contributed by atoms with Crippen molar-refractivity contribution in [2.75, 3.05) is 6.54 Å². The van der Waals surface area contributed by atoms with Gasteiger partial charge in [0.05, 0.1) is 12.0 Å². The minimum atomic E-state index is -1.04. The van der Waals surface area contributed by atoms with Gasteiger partial charge in [-0.2, -0.15) is 0 Å². The monoisotopic (exact) mass is 352 g/mol. The van der Waals surface area contributed by atoms with Crippen LogP contribution in [0, 0.1) is 0 Å². The molecule has 4 rings (SSSR count). The first-order chi connectivity index (χ1) is 12.6. The number of carbonyl (C=O) groups excluding carboxylic acids is 1. The van der Waals surface area contributed by atoms with Gasteiger partial charge in [-0.15, -0.1) is 0 Å². The summed E-state index contributed by atoms with van der Waals surface area (Å²) in [6.07, 6.45) is 5.85. The summed E-state index contributed by atoms with van der Waals surface area (Å²) in [5.41, 5.74) is 3.52. The Kier molecular flexibility index (Phi) is 4.20. The topological polar surface area (TPSA) is 102 Å². The molecule has 0 bridgehead atoms. The van der Waals surface area contributed by atoms with E-state index in [-0.39, 0.29) is 5.91 Å². The third-order valence-corrected chi connectivity index (χ3v) is 4.99. The van der Waals surface area contributed by atoms with Gasteiger partial charge in [-0.1, -0.05) is 18.2 Å². The van der Waals surface area contributed by atoms with Gasteiger partial charge >= 0.3 is 5.97 Å². The first-order valence-electron chi connectivity index (χ1n) is 8.74. The summed E-state index contributed by atoms with van der Waals surface area (Å²) in [6.45, 7) is 0.401. The highest BCUT2D eigenvalue weighted by molar-refractivity contribution is 5.85. The van der Waals surface area contributed by atoms with Crippen LogP contribution in [0.5, 0.6) is 0 Å². The zero-order chi connectivity index (χ0) is 18.1. The van der Waals surface area contributed by atoms with Gasteiger partial charge in [-0.3, -0.25) is 4.79 Å². The highest BCUT2D eigenvalue weighted by atomic mass is 16.4. The van der Waals surface area contributed by atoms with Crippen LogP contribution in [0.4, 0.5) is 0 Å². The predicted molar refractivity (Wildman–Crippen MR) is 95.6 cm³/mol. The smallest absolute Gasteiger partial charge is 0.332 e. The molecule has 1 atom stereocenters.